The molecule has 1 fully saturated rings. The van der Waals surface area contributed by atoms with Crippen molar-refractivity contribution >= 4 is 5.78 Å². The maximum Gasteiger partial charge on any atom is 0.160 e. The third-order valence-electron chi connectivity index (χ3n) is 3.92. The second kappa shape index (κ2) is 7.24. The fourth-order valence-corrected chi connectivity index (χ4v) is 2.82. The Morgan fingerprint density at radius 1 is 1.43 bits per heavy atom. The van der Waals surface area contributed by atoms with Crippen LogP contribution in [0.25, 0.3) is 0 Å². The van der Waals surface area contributed by atoms with Crippen molar-refractivity contribution in [1.29, 1.82) is 5.26 Å². The van der Waals surface area contributed by atoms with Gasteiger partial charge in [0, 0.05) is 12.5 Å². The highest BCUT2D eigenvalue weighted by molar-refractivity contribution is 5.91. The zero-order chi connectivity index (χ0) is 15.2. The molecule has 4 heteroatoms. The van der Waals surface area contributed by atoms with Crippen LogP contribution in [0.3, 0.4) is 0 Å². The van der Waals surface area contributed by atoms with Gasteiger partial charge in [0.05, 0.1) is 18.8 Å². The number of rotatable bonds is 6. The van der Waals surface area contributed by atoms with E-state index in [1.54, 1.807) is 24.3 Å². The molecule has 0 bridgehead atoms. The zero-order valence-electron chi connectivity index (χ0n) is 12.5. The predicted molar refractivity (Wildman–Crippen MR) is 79.1 cm³/mol. The van der Waals surface area contributed by atoms with Gasteiger partial charge in [-0.25, -0.2) is 0 Å². The fourth-order valence-electron chi connectivity index (χ4n) is 2.82. The van der Waals surface area contributed by atoms with Crippen LogP contribution in [-0.2, 0) is 9.53 Å². The van der Waals surface area contributed by atoms with E-state index < -0.39 is 5.92 Å². The third kappa shape index (κ3) is 3.43. The molecule has 1 aliphatic rings. The van der Waals surface area contributed by atoms with E-state index in [0.29, 0.717) is 19.6 Å². The van der Waals surface area contributed by atoms with Gasteiger partial charge in [-0.05, 0) is 37.5 Å². The standard InChI is InChI=1S/C17H21NO3/c1-3-16-14(9-10-21-16)17(19)15(11-18)12-5-7-13(8-6-12)20-4-2/h5-8,14-16H,3-4,9-10H2,1-2H3. The van der Waals surface area contributed by atoms with E-state index in [0.717, 1.165) is 17.7 Å². The third-order valence-corrected chi connectivity index (χ3v) is 3.92. The van der Waals surface area contributed by atoms with E-state index in [2.05, 4.69) is 6.07 Å². The van der Waals surface area contributed by atoms with Crippen LogP contribution in [0.4, 0.5) is 0 Å². The minimum atomic E-state index is -0.721. The molecule has 1 saturated heterocycles. The number of hydrogen-bond donors (Lipinski definition) is 0. The molecule has 0 saturated carbocycles. The minimum absolute atomic E-state index is 0.0222. The number of nitriles is 1. The van der Waals surface area contributed by atoms with E-state index in [1.807, 2.05) is 13.8 Å². The number of ketones is 1. The lowest BCUT2D eigenvalue weighted by Gasteiger charge is -2.18. The summed E-state index contributed by atoms with van der Waals surface area (Å²) < 4.78 is 10.9. The number of carbonyl (C=O) groups is 1. The molecule has 0 radical (unpaired) electrons. The van der Waals surface area contributed by atoms with Gasteiger partial charge in [-0.2, -0.15) is 5.26 Å². The van der Waals surface area contributed by atoms with E-state index in [4.69, 9.17) is 9.47 Å². The first-order chi connectivity index (χ1) is 10.2. The van der Waals surface area contributed by atoms with Gasteiger partial charge < -0.3 is 9.47 Å². The SMILES string of the molecule is CCOc1ccc(C(C#N)C(=O)C2CCOC2CC)cc1. The van der Waals surface area contributed by atoms with Gasteiger partial charge in [0.25, 0.3) is 0 Å². The lowest BCUT2D eigenvalue weighted by molar-refractivity contribution is -0.124. The molecule has 1 aromatic carbocycles. The molecular weight excluding hydrogens is 266 g/mol. The summed E-state index contributed by atoms with van der Waals surface area (Å²) in [5, 5.41) is 9.40. The smallest absolute Gasteiger partial charge is 0.160 e. The molecule has 21 heavy (non-hydrogen) atoms. The summed E-state index contributed by atoms with van der Waals surface area (Å²) in [7, 11) is 0. The van der Waals surface area contributed by atoms with Gasteiger partial charge >= 0.3 is 0 Å². The van der Waals surface area contributed by atoms with Crippen molar-refractivity contribution in [2.75, 3.05) is 13.2 Å². The molecule has 0 spiro atoms. The minimum Gasteiger partial charge on any atom is -0.494 e. The van der Waals surface area contributed by atoms with Gasteiger partial charge in [-0.3, -0.25) is 4.79 Å². The highest BCUT2D eigenvalue weighted by atomic mass is 16.5. The van der Waals surface area contributed by atoms with Crippen molar-refractivity contribution in [2.24, 2.45) is 5.92 Å². The van der Waals surface area contributed by atoms with E-state index in [9.17, 15) is 10.1 Å². The highest BCUT2D eigenvalue weighted by Gasteiger charge is 2.37. The van der Waals surface area contributed by atoms with Gasteiger partial charge in [0.2, 0.25) is 0 Å². The van der Waals surface area contributed by atoms with Crippen LogP contribution in [0, 0.1) is 17.2 Å². The molecule has 0 aliphatic carbocycles. The normalized spacial score (nSPS) is 22.5. The number of benzene rings is 1. The van der Waals surface area contributed by atoms with Crippen LogP contribution < -0.4 is 4.74 Å². The van der Waals surface area contributed by atoms with Crippen LogP contribution in [0.15, 0.2) is 24.3 Å². The molecule has 0 amide bonds. The summed E-state index contributed by atoms with van der Waals surface area (Å²) in [6.45, 7) is 5.13. The topological polar surface area (TPSA) is 59.3 Å². The largest absolute Gasteiger partial charge is 0.494 e. The molecule has 1 heterocycles. The van der Waals surface area contributed by atoms with E-state index in [1.165, 1.54) is 0 Å². The van der Waals surface area contributed by atoms with E-state index in [-0.39, 0.29) is 17.8 Å². The number of Topliss-reactive ketones (excluding diaryl/α,β-unsaturated/α-hetero) is 1. The average Bonchev–Trinajstić information content (AvgIpc) is 2.98. The highest BCUT2D eigenvalue weighted by Crippen LogP contribution is 2.31. The summed E-state index contributed by atoms with van der Waals surface area (Å²) in [5.74, 6) is -0.153. The summed E-state index contributed by atoms with van der Waals surface area (Å²) in [4.78, 5) is 12.6. The first-order valence-corrected chi connectivity index (χ1v) is 7.49. The predicted octanol–water partition coefficient (Wildman–Crippen LogP) is 3.08. The van der Waals surface area contributed by atoms with Gasteiger partial charge in [0.1, 0.15) is 11.7 Å². The number of nitrogens with zero attached hydrogens (tertiary/aromatic N) is 1. The number of hydrogen-bond acceptors (Lipinski definition) is 4. The Bertz CT molecular complexity index is 518. The van der Waals surface area contributed by atoms with Crippen LogP contribution in [0.2, 0.25) is 0 Å². The molecule has 0 N–H and O–H groups in total. The first kappa shape index (κ1) is 15.5. The van der Waals surface area contributed by atoms with Crippen molar-refractivity contribution in [1.82, 2.24) is 0 Å². The van der Waals surface area contributed by atoms with Crippen molar-refractivity contribution in [3.8, 4) is 11.8 Å². The molecule has 2 rings (SSSR count). The van der Waals surface area contributed by atoms with Crippen LogP contribution >= 0.6 is 0 Å². The zero-order valence-corrected chi connectivity index (χ0v) is 12.5. The van der Waals surface area contributed by atoms with Gasteiger partial charge in [0.15, 0.2) is 5.78 Å². The van der Waals surface area contributed by atoms with Crippen molar-refractivity contribution < 1.29 is 14.3 Å². The van der Waals surface area contributed by atoms with Crippen LogP contribution in [0.1, 0.15) is 38.2 Å². The van der Waals surface area contributed by atoms with Crippen molar-refractivity contribution in [3.05, 3.63) is 29.8 Å². The summed E-state index contributed by atoms with van der Waals surface area (Å²) in [5.41, 5.74) is 0.729. The first-order valence-electron chi connectivity index (χ1n) is 7.49. The van der Waals surface area contributed by atoms with Crippen LogP contribution in [0.5, 0.6) is 5.75 Å². The molecule has 0 aromatic heterocycles. The maximum atomic E-state index is 12.6. The summed E-state index contributed by atoms with van der Waals surface area (Å²) >= 11 is 0. The molecule has 1 aromatic rings. The van der Waals surface area contributed by atoms with Gasteiger partial charge in [-0.15, -0.1) is 0 Å². The Morgan fingerprint density at radius 2 is 2.14 bits per heavy atom. The second-order valence-corrected chi connectivity index (χ2v) is 5.18. The fraction of sp³-hybridized carbons (Fsp3) is 0.529. The van der Waals surface area contributed by atoms with Crippen LogP contribution in [-0.4, -0.2) is 25.1 Å². The van der Waals surface area contributed by atoms with Gasteiger partial charge in [-0.1, -0.05) is 19.1 Å². The molecule has 112 valence electrons. The Labute approximate surface area is 125 Å². The molecule has 3 unspecified atom stereocenters. The Morgan fingerprint density at radius 3 is 2.71 bits per heavy atom. The lowest BCUT2D eigenvalue weighted by Crippen LogP contribution is -2.28. The quantitative estimate of drug-likeness (QED) is 0.806. The van der Waals surface area contributed by atoms with Crippen molar-refractivity contribution in [2.45, 2.75) is 38.7 Å². The lowest BCUT2D eigenvalue weighted by atomic mass is 9.84. The second-order valence-electron chi connectivity index (χ2n) is 5.18. The average molecular weight is 287 g/mol. The molecule has 4 nitrogen and oxygen atoms in total. The Balaban J connectivity index is 2.15. The Kier molecular flexibility index (Phi) is 5.35. The molecule has 1 aliphatic heterocycles. The monoisotopic (exact) mass is 287 g/mol. The summed E-state index contributed by atoms with van der Waals surface area (Å²) in [6, 6.07) is 9.35. The van der Waals surface area contributed by atoms with Crippen molar-refractivity contribution in [3.63, 3.8) is 0 Å². The molecule has 3 atom stereocenters. The van der Waals surface area contributed by atoms with E-state index >= 15 is 0 Å². The number of carbonyl (C=O) groups excluding carboxylic acids is 1. The number of ether oxygens (including phenoxy) is 2. The Hall–Kier alpha value is -1.86. The molecular formula is C17H21NO3. The summed E-state index contributed by atoms with van der Waals surface area (Å²) in [6.07, 6.45) is 1.47. The maximum absolute atomic E-state index is 12.6.